The van der Waals surface area contributed by atoms with Crippen LogP contribution in [0.2, 0.25) is 10.0 Å². The van der Waals surface area contributed by atoms with Crippen molar-refractivity contribution in [3.05, 3.63) is 75.7 Å². The third-order valence-electron chi connectivity index (χ3n) is 7.43. The minimum atomic E-state index is -0.463. The molecule has 1 atom stereocenters. The maximum atomic E-state index is 14.3. The van der Waals surface area contributed by atoms with Crippen molar-refractivity contribution < 1.29 is 18.7 Å². The number of hydrogen-bond donors (Lipinski definition) is 1. The Morgan fingerprint density at radius 1 is 1.16 bits per heavy atom. The number of methoxy groups -OCH3 is 1. The first-order valence-electron chi connectivity index (χ1n) is 12.2. The third-order valence-corrected chi connectivity index (χ3v) is 8.02. The molecule has 2 aliphatic rings. The normalized spacial score (nSPS) is 18.1. The number of piperidine rings is 1. The number of benzene rings is 2. The number of nitrogens with zero attached hydrogens (tertiary/aromatic N) is 3. The average molecular weight is 545 g/mol. The zero-order chi connectivity index (χ0) is 26.2. The zero-order valence-corrected chi connectivity index (χ0v) is 21.9. The fourth-order valence-electron chi connectivity index (χ4n) is 5.08. The predicted molar refractivity (Wildman–Crippen MR) is 139 cm³/mol. The SMILES string of the molecule is COc1cc(C(=O)NC2CC23CCN(C(=O)CCc2ccc(Cl)cc2Cl)CC3)nn1-c1ccccc1F. The highest BCUT2D eigenvalue weighted by Crippen LogP contribution is 2.54. The molecule has 3 aromatic rings. The van der Waals surface area contributed by atoms with E-state index in [-0.39, 0.29) is 40.5 Å². The van der Waals surface area contributed by atoms with Crippen LogP contribution in [0.15, 0.2) is 48.5 Å². The molecule has 2 heterocycles. The van der Waals surface area contributed by atoms with Gasteiger partial charge in [-0.05, 0) is 60.9 Å². The van der Waals surface area contributed by atoms with E-state index in [1.807, 2.05) is 11.0 Å². The molecule has 1 aliphatic carbocycles. The van der Waals surface area contributed by atoms with E-state index in [0.29, 0.717) is 36.0 Å². The number of carbonyl (C=O) groups excluding carboxylic acids is 2. The van der Waals surface area contributed by atoms with Gasteiger partial charge in [0.15, 0.2) is 5.69 Å². The molecule has 0 radical (unpaired) electrons. The number of aromatic nitrogens is 2. The number of nitrogens with one attached hydrogen (secondary N) is 1. The Bertz CT molecular complexity index is 1340. The van der Waals surface area contributed by atoms with Gasteiger partial charge in [0.2, 0.25) is 11.8 Å². The van der Waals surface area contributed by atoms with E-state index in [2.05, 4.69) is 10.4 Å². The summed E-state index contributed by atoms with van der Waals surface area (Å²) in [5, 5.41) is 8.51. The van der Waals surface area contributed by atoms with Crippen LogP contribution in [-0.4, -0.2) is 52.7 Å². The van der Waals surface area contributed by atoms with Crippen LogP contribution in [0.3, 0.4) is 0 Å². The predicted octanol–water partition coefficient (Wildman–Crippen LogP) is 5.07. The zero-order valence-electron chi connectivity index (χ0n) is 20.3. The number of ether oxygens (including phenoxy) is 1. The van der Waals surface area contributed by atoms with Gasteiger partial charge in [0, 0.05) is 41.7 Å². The lowest BCUT2D eigenvalue weighted by molar-refractivity contribution is -0.132. The van der Waals surface area contributed by atoms with Gasteiger partial charge in [-0.15, -0.1) is 0 Å². The van der Waals surface area contributed by atoms with Crippen molar-refractivity contribution in [2.24, 2.45) is 5.41 Å². The molecule has 10 heteroatoms. The van der Waals surface area contributed by atoms with Crippen molar-refractivity contribution in [2.45, 2.75) is 38.1 Å². The first-order valence-corrected chi connectivity index (χ1v) is 13.0. The molecule has 1 unspecified atom stereocenters. The van der Waals surface area contributed by atoms with Gasteiger partial charge in [-0.1, -0.05) is 41.4 Å². The number of carbonyl (C=O) groups is 2. The second-order valence-electron chi connectivity index (χ2n) is 9.64. The Balaban J connectivity index is 1.14. The Labute approximate surface area is 224 Å². The Hall–Kier alpha value is -3.10. The summed E-state index contributed by atoms with van der Waals surface area (Å²) in [5.74, 6) is -0.413. The minimum Gasteiger partial charge on any atom is -0.481 e. The first kappa shape index (κ1) is 25.5. The number of halogens is 3. The minimum absolute atomic E-state index is 0.00408. The maximum Gasteiger partial charge on any atom is 0.272 e. The van der Waals surface area contributed by atoms with Gasteiger partial charge in [0.05, 0.1) is 7.11 Å². The summed E-state index contributed by atoms with van der Waals surface area (Å²) in [6.07, 6.45) is 3.49. The molecule has 37 heavy (non-hydrogen) atoms. The molecule has 1 saturated heterocycles. The monoisotopic (exact) mass is 544 g/mol. The standard InChI is InChI=1S/C27H27Cl2FN4O3/c1-37-25-15-21(32-34(25)22-5-3-2-4-20(22)30)26(36)31-23-16-27(23)10-12-33(13-11-27)24(35)9-7-17-6-8-18(28)14-19(17)29/h2-6,8,14-15,23H,7,9-13,16H2,1H3,(H,31,36). The smallest absolute Gasteiger partial charge is 0.272 e. The molecule has 1 aromatic heterocycles. The van der Waals surface area contributed by atoms with E-state index in [9.17, 15) is 14.0 Å². The summed E-state index contributed by atoms with van der Waals surface area (Å²) in [7, 11) is 1.45. The van der Waals surface area contributed by atoms with E-state index in [1.165, 1.54) is 23.9 Å². The highest BCUT2D eigenvalue weighted by Gasteiger charge is 2.56. The largest absolute Gasteiger partial charge is 0.481 e. The summed E-state index contributed by atoms with van der Waals surface area (Å²) in [6.45, 7) is 1.32. The molecule has 1 saturated carbocycles. The van der Waals surface area contributed by atoms with Gasteiger partial charge in [-0.25, -0.2) is 4.39 Å². The Morgan fingerprint density at radius 3 is 2.62 bits per heavy atom. The fraction of sp³-hybridized carbons (Fsp3) is 0.370. The van der Waals surface area contributed by atoms with Crippen LogP contribution in [0.1, 0.15) is 41.7 Å². The van der Waals surface area contributed by atoms with Crippen LogP contribution in [0.5, 0.6) is 5.88 Å². The number of hydrogen-bond acceptors (Lipinski definition) is 4. The van der Waals surface area contributed by atoms with Gasteiger partial charge in [0.1, 0.15) is 11.5 Å². The summed E-state index contributed by atoms with van der Waals surface area (Å²) in [6, 6.07) is 13.0. The van der Waals surface area contributed by atoms with E-state index < -0.39 is 5.82 Å². The first-order chi connectivity index (χ1) is 17.8. The van der Waals surface area contributed by atoms with Gasteiger partial charge in [-0.3, -0.25) is 9.59 Å². The lowest BCUT2D eigenvalue weighted by Crippen LogP contribution is -2.41. The van der Waals surface area contributed by atoms with Crippen LogP contribution in [-0.2, 0) is 11.2 Å². The summed E-state index contributed by atoms with van der Waals surface area (Å²) in [4.78, 5) is 27.6. The Morgan fingerprint density at radius 2 is 1.92 bits per heavy atom. The van der Waals surface area contributed by atoms with Crippen LogP contribution in [0, 0.1) is 11.2 Å². The van der Waals surface area contributed by atoms with Gasteiger partial charge in [0.25, 0.3) is 5.91 Å². The molecule has 5 rings (SSSR count). The summed E-state index contributed by atoms with van der Waals surface area (Å²) < 4.78 is 20.9. The molecule has 1 aliphatic heterocycles. The highest BCUT2D eigenvalue weighted by atomic mass is 35.5. The molecular weight excluding hydrogens is 518 g/mol. The fourth-order valence-corrected chi connectivity index (χ4v) is 5.58. The van der Waals surface area contributed by atoms with Crippen LogP contribution >= 0.6 is 23.2 Å². The van der Waals surface area contributed by atoms with Crippen molar-refractivity contribution in [1.82, 2.24) is 20.0 Å². The molecule has 1 spiro atoms. The molecular formula is C27H27Cl2FN4O3. The Kier molecular flexibility index (Phi) is 7.14. The molecule has 194 valence electrons. The van der Waals surface area contributed by atoms with Crippen molar-refractivity contribution in [2.75, 3.05) is 20.2 Å². The van der Waals surface area contributed by atoms with E-state index in [4.69, 9.17) is 27.9 Å². The van der Waals surface area contributed by atoms with Crippen molar-refractivity contribution in [3.8, 4) is 11.6 Å². The van der Waals surface area contributed by atoms with Crippen molar-refractivity contribution in [1.29, 1.82) is 0 Å². The summed E-state index contributed by atoms with van der Waals surface area (Å²) >= 11 is 12.2. The molecule has 0 bridgehead atoms. The number of likely N-dealkylation sites (tertiary alicyclic amines) is 1. The highest BCUT2D eigenvalue weighted by molar-refractivity contribution is 6.35. The van der Waals surface area contributed by atoms with Gasteiger partial charge < -0.3 is 15.0 Å². The average Bonchev–Trinajstić information content (AvgIpc) is 3.34. The third kappa shape index (κ3) is 5.31. The lowest BCUT2D eigenvalue weighted by Gasteiger charge is -2.33. The number of aryl methyl sites for hydroxylation is 1. The van der Waals surface area contributed by atoms with Crippen molar-refractivity contribution in [3.63, 3.8) is 0 Å². The lowest BCUT2D eigenvalue weighted by atomic mass is 9.92. The molecule has 1 N–H and O–H groups in total. The van der Waals surface area contributed by atoms with Crippen LogP contribution in [0.25, 0.3) is 5.69 Å². The van der Waals surface area contributed by atoms with Crippen molar-refractivity contribution >= 4 is 35.0 Å². The molecule has 2 aromatic carbocycles. The quantitative estimate of drug-likeness (QED) is 0.450. The van der Waals surface area contributed by atoms with E-state index in [1.54, 1.807) is 30.3 Å². The topological polar surface area (TPSA) is 76.5 Å². The second kappa shape index (κ2) is 10.3. The summed E-state index contributed by atoms with van der Waals surface area (Å²) in [5.41, 5.74) is 1.28. The maximum absolute atomic E-state index is 14.3. The van der Waals surface area contributed by atoms with Crippen LogP contribution in [0.4, 0.5) is 4.39 Å². The molecule has 7 nitrogen and oxygen atoms in total. The van der Waals surface area contributed by atoms with E-state index in [0.717, 1.165) is 24.8 Å². The number of rotatable bonds is 7. The van der Waals surface area contributed by atoms with Gasteiger partial charge >= 0.3 is 0 Å². The molecule has 2 fully saturated rings. The number of amides is 2. The van der Waals surface area contributed by atoms with Crippen LogP contribution < -0.4 is 10.1 Å². The van der Waals surface area contributed by atoms with Gasteiger partial charge in [-0.2, -0.15) is 9.78 Å². The second-order valence-corrected chi connectivity index (χ2v) is 10.5. The number of para-hydroxylation sites is 1. The molecule has 2 amide bonds. The van der Waals surface area contributed by atoms with E-state index >= 15 is 0 Å².